The van der Waals surface area contributed by atoms with Crippen LogP contribution in [-0.4, -0.2) is 27.3 Å². The summed E-state index contributed by atoms with van der Waals surface area (Å²) >= 11 is 6.24. The van der Waals surface area contributed by atoms with Crippen LogP contribution in [0.5, 0.6) is 0 Å². The summed E-state index contributed by atoms with van der Waals surface area (Å²) in [6.45, 7) is 0.620. The average molecular weight is 424 g/mol. The highest BCUT2D eigenvalue weighted by Crippen LogP contribution is 2.33. The average Bonchev–Trinajstić information content (AvgIpc) is 3.47. The lowest BCUT2D eigenvalue weighted by Crippen LogP contribution is -2.30. The molecular formula is C23H19ClFN3O2. The number of aromatic amines is 1. The van der Waals surface area contributed by atoms with Crippen molar-refractivity contribution in [2.24, 2.45) is 0 Å². The molecule has 5 nitrogen and oxygen atoms in total. The van der Waals surface area contributed by atoms with Gasteiger partial charge in [0.1, 0.15) is 23.3 Å². The zero-order valence-electron chi connectivity index (χ0n) is 16.1. The molecule has 152 valence electrons. The fourth-order valence-corrected chi connectivity index (χ4v) is 4.23. The van der Waals surface area contributed by atoms with Crippen molar-refractivity contribution in [3.8, 4) is 0 Å². The molecule has 0 saturated carbocycles. The van der Waals surface area contributed by atoms with E-state index >= 15 is 0 Å². The lowest BCUT2D eigenvalue weighted by Gasteiger charge is -2.21. The Bertz CT molecular complexity index is 1230. The van der Waals surface area contributed by atoms with Gasteiger partial charge in [0, 0.05) is 28.9 Å². The number of benzene rings is 2. The fraction of sp³-hybridized carbons (Fsp3) is 0.217. The topological polar surface area (TPSA) is 62.1 Å². The van der Waals surface area contributed by atoms with E-state index in [4.69, 9.17) is 16.0 Å². The minimum absolute atomic E-state index is 0.139. The summed E-state index contributed by atoms with van der Waals surface area (Å²) in [7, 11) is 0. The van der Waals surface area contributed by atoms with Gasteiger partial charge in [-0.15, -0.1) is 0 Å². The normalized spacial score (nSPS) is 16.5. The highest BCUT2D eigenvalue weighted by atomic mass is 35.5. The van der Waals surface area contributed by atoms with Gasteiger partial charge in [-0.05, 0) is 48.7 Å². The van der Waals surface area contributed by atoms with Crippen molar-refractivity contribution in [3.05, 3.63) is 88.5 Å². The van der Waals surface area contributed by atoms with Crippen LogP contribution < -0.4 is 0 Å². The molecule has 1 amide bonds. The standard InChI is InChI=1S/C23H19ClFN3O2/c24-18-5-2-1-4-14(18)11-17-13-26-22(30-17)21-6-3-9-28(21)23(29)20-12-15-10-16(25)7-8-19(15)27-20/h1-2,4-5,7-8,10,12-13,21,27H,3,6,9,11H2. The molecule has 3 heterocycles. The lowest BCUT2D eigenvalue weighted by atomic mass is 10.1. The molecule has 4 aromatic rings. The third-order valence-corrected chi connectivity index (χ3v) is 5.87. The summed E-state index contributed by atoms with van der Waals surface area (Å²) in [6.07, 6.45) is 3.90. The summed E-state index contributed by atoms with van der Waals surface area (Å²) in [5, 5.41) is 1.36. The molecule has 1 unspecified atom stereocenters. The number of amides is 1. The van der Waals surface area contributed by atoms with Gasteiger partial charge in [0.05, 0.1) is 6.20 Å². The number of carbonyl (C=O) groups excluding carboxylic acids is 1. The van der Waals surface area contributed by atoms with Crippen molar-refractivity contribution in [1.82, 2.24) is 14.9 Å². The molecule has 1 N–H and O–H groups in total. The van der Waals surface area contributed by atoms with E-state index < -0.39 is 0 Å². The minimum atomic E-state index is -0.328. The van der Waals surface area contributed by atoms with E-state index in [9.17, 15) is 9.18 Å². The molecule has 30 heavy (non-hydrogen) atoms. The predicted octanol–water partition coefficient (Wildman–Crippen LogP) is 5.52. The molecule has 0 radical (unpaired) electrons. The van der Waals surface area contributed by atoms with Crippen molar-refractivity contribution in [2.45, 2.75) is 25.3 Å². The maximum Gasteiger partial charge on any atom is 0.270 e. The molecule has 1 aliphatic rings. The Kier molecular flexibility index (Phi) is 4.79. The number of hydrogen-bond acceptors (Lipinski definition) is 3. The van der Waals surface area contributed by atoms with E-state index in [2.05, 4.69) is 9.97 Å². The third kappa shape index (κ3) is 3.48. The van der Waals surface area contributed by atoms with E-state index in [1.54, 1.807) is 23.2 Å². The second kappa shape index (κ2) is 7.61. The molecule has 1 atom stereocenters. The number of likely N-dealkylation sites (tertiary alicyclic amines) is 1. The molecule has 1 aliphatic heterocycles. The van der Waals surface area contributed by atoms with Crippen molar-refractivity contribution < 1.29 is 13.6 Å². The van der Waals surface area contributed by atoms with Gasteiger partial charge < -0.3 is 14.3 Å². The second-order valence-corrected chi connectivity index (χ2v) is 7.91. The Hall–Kier alpha value is -3.12. The number of nitrogens with one attached hydrogen (secondary N) is 1. The summed E-state index contributed by atoms with van der Waals surface area (Å²) in [5.74, 6) is 0.772. The first kappa shape index (κ1) is 18.9. The summed E-state index contributed by atoms with van der Waals surface area (Å²) in [6, 6.07) is 13.5. The molecule has 7 heteroatoms. The Morgan fingerprint density at radius 1 is 1.27 bits per heavy atom. The first-order valence-electron chi connectivity index (χ1n) is 9.86. The van der Waals surface area contributed by atoms with Crippen LogP contribution in [0.3, 0.4) is 0 Å². The summed E-state index contributed by atoms with van der Waals surface area (Å²) in [4.78, 5) is 22.4. The lowest BCUT2D eigenvalue weighted by molar-refractivity contribution is 0.0709. The smallest absolute Gasteiger partial charge is 0.270 e. The molecule has 2 aromatic heterocycles. The zero-order chi connectivity index (χ0) is 20.7. The van der Waals surface area contributed by atoms with Gasteiger partial charge in [-0.3, -0.25) is 4.79 Å². The quantitative estimate of drug-likeness (QED) is 0.470. The van der Waals surface area contributed by atoms with Gasteiger partial charge in [-0.1, -0.05) is 29.8 Å². The van der Waals surface area contributed by atoms with Gasteiger partial charge in [0.25, 0.3) is 5.91 Å². The molecule has 2 aromatic carbocycles. The van der Waals surface area contributed by atoms with Crippen LogP contribution in [0.2, 0.25) is 5.02 Å². The van der Waals surface area contributed by atoms with Gasteiger partial charge >= 0.3 is 0 Å². The van der Waals surface area contributed by atoms with Gasteiger partial charge in [0.2, 0.25) is 5.89 Å². The number of nitrogens with zero attached hydrogens (tertiary/aromatic N) is 2. The number of hydrogen-bond donors (Lipinski definition) is 1. The highest BCUT2D eigenvalue weighted by molar-refractivity contribution is 6.31. The minimum Gasteiger partial charge on any atom is -0.443 e. The Morgan fingerprint density at radius 3 is 3.00 bits per heavy atom. The monoisotopic (exact) mass is 423 g/mol. The van der Waals surface area contributed by atoms with Crippen LogP contribution in [-0.2, 0) is 6.42 Å². The number of H-pyrrole nitrogens is 1. The van der Waals surface area contributed by atoms with E-state index in [0.29, 0.717) is 40.7 Å². The maximum atomic E-state index is 13.5. The number of carbonyl (C=O) groups is 1. The van der Waals surface area contributed by atoms with Gasteiger partial charge in [0.15, 0.2) is 0 Å². The molecule has 5 rings (SSSR count). The van der Waals surface area contributed by atoms with E-state index in [-0.39, 0.29) is 17.8 Å². The molecular weight excluding hydrogens is 405 g/mol. The predicted molar refractivity (Wildman–Crippen MR) is 112 cm³/mol. The largest absolute Gasteiger partial charge is 0.443 e. The van der Waals surface area contributed by atoms with Gasteiger partial charge in [-0.2, -0.15) is 0 Å². The molecule has 0 spiro atoms. The van der Waals surface area contributed by atoms with E-state index in [1.165, 1.54) is 12.1 Å². The number of aromatic nitrogens is 2. The van der Waals surface area contributed by atoms with Crippen molar-refractivity contribution >= 4 is 28.4 Å². The molecule has 1 fully saturated rings. The number of rotatable bonds is 4. The van der Waals surface area contributed by atoms with Crippen LogP contribution in [0.15, 0.2) is 59.1 Å². The van der Waals surface area contributed by atoms with Crippen LogP contribution in [0, 0.1) is 5.82 Å². The van der Waals surface area contributed by atoms with Crippen molar-refractivity contribution in [3.63, 3.8) is 0 Å². The summed E-state index contributed by atoms with van der Waals surface area (Å²) in [5.41, 5.74) is 2.13. The zero-order valence-corrected chi connectivity index (χ0v) is 16.8. The van der Waals surface area contributed by atoms with Gasteiger partial charge in [-0.25, -0.2) is 9.37 Å². The maximum absolute atomic E-state index is 13.5. The highest BCUT2D eigenvalue weighted by Gasteiger charge is 2.34. The van der Waals surface area contributed by atoms with Crippen LogP contribution >= 0.6 is 11.6 Å². The van der Waals surface area contributed by atoms with E-state index in [0.717, 1.165) is 23.9 Å². The Labute approximate surface area is 177 Å². The van der Waals surface area contributed by atoms with Crippen LogP contribution in [0.4, 0.5) is 4.39 Å². The Morgan fingerprint density at radius 2 is 2.13 bits per heavy atom. The number of fused-ring (bicyclic) bond motifs is 1. The summed E-state index contributed by atoms with van der Waals surface area (Å²) < 4.78 is 19.5. The van der Waals surface area contributed by atoms with Crippen LogP contribution in [0.25, 0.3) is 10.9 Å². The molecule has 0 aliphatic carbocycles. The molecule has 0 bridgehead atoms. The van der Waals surface area contributed by atoms with Crippen molar-refractivity contribution in [1.29, 1.82) is 0 Å². The third-order valence-electron chi connectivity index (χ3n) is 5.51. The fourth-order valence-electron chi connectivity index (χ4n) is 4.03. The SMILES string of the molecule is O=C(c1cc2cc(F)ccc2[nH]1)N1CCCC1c1ncc(Cc2ccccc2Cl)o1. The molecule has 1 saturated heterocycles. The first-order chi connectivity index (χ1) is 14.6. The first-order valence-corrected chi connectivity index (χ1v) is 10.2. The van der Waals surface area contributed by atoms with Crippen LogP contribution in [0.1, 0.15) is 46.6 Å². The number of oxazole rings is 1. The number of halogens is 2. The van der Waals surface area contributed by atoms with E-state index in [1.807, 2.05) is 24.3 Å². The Balaban J connectivity index is 1.37. The second-order valence-electron chi connectivity index (χ2n) is 7.50. The van der Waals surface area contributed by atoms with Crippen molar-refractivity contribution in [2.75, 3.05) is 6.54 Å².